The Morgan fingerprint density at radius 3 is 2.39 bits per heavy atom. The third kappa shape index (κ3) is 4.27. The van der Waals surface area contributed by atoms with E-state index in [9.17, 15) is 4.79 Å². The zero-order chi connectivity index (χ0) is 20.1. The Bertz CT molecular complexity index is 835. The molecule has 1 aromatic heterocycles. The van der Waals surface area contributed by atoms with E-state index in [0.29, 0.717) is 61.6 Å². The molecule has 2 heterocycles. The van der Waals surface area contributed by atoms with Gasteiger partial charge in [0.15, 0.2) is 11.5 Å². The van der Waals surface area contributed by atoms with Crippen LogP contribution in [0.1, 0.15) is 23.1 Å². The van der Waals surface area contributed by atoms with E-state index in [1.807, 2.05) is 24.8 Å². The Morgan fingerprint density at radius 1 is 1.04 bits per heavy atom. The molecule has 1 aliphatic heterocycles. The molecule has 2 aromatic rings. The minimum Gasteiger partial charge on any atom is -0.493 e. The van der Waals surface area contributed by atoms with E-state index in [-0.39, 0.29) is 5.91 Å². The van der Waals surface area contributed by atoms with Crippen LogP contribution in [-0.2, 0) is 0 Å². The minimum atomic E-state index is -0.0190. The van der Waals surface area contributed by atoms with Crippen molar-refractivity contribution in [2.24, 2.45) is 0 Å². The molecule has 28 heavy (non-hydrogen) atoms. The highest BCUT2D eigenvalue weighted by Crippen LogP contribution is 2.28. The molecule has 0 spiro atoms. The van der Waals surface area contributed by atoms with Crippen molar-refractivity contribution in [3.8, 4) is 17.4 Å². The number of hydrogen-bond acceptors (Lipinski definition) is 7. The van der Waals surface area contributed by atoms with E-state index in [1.54, 1.807) is 32.4 Å². The predicted molar refractivity (Wildman–Crippen MR) is 106 cm³/mol. The Labute approximate surface area is 165 Å². The standard InChI is InChI=1S/C20H26N4O4/c1-5-28-19-13-18(21-14(2)22-19)23-8-10-24(11-9-23)20(25)15-6-7-16(26-3)17(12-15)27-4/h6-7,12-13H,5,8-11H2,1-4H3. The van der Waals surface area contributed by atoms with Gasteiger partial charge >= 0.3 is 0 Å². The van der Waals surface area contributed by atoms with Gasteiger partial charge in [-0.2, -0.15) is 4.98 Å². The van der Waals surface area contributed by atoms with Gasteiger partial charge in [-0.25, -0.2) is 4.98 Å². The number of benzene rings is 1. The van der Waals surface area contributed by atoms with E-state index < -0.39 is 0 Å². The van der Waals surface area contributed by atoms with Gasteiger partial charge in [-0.3, -0.25) is 4.79 Å². The Morgan fingerprint density at radius 2 is 1.75 bits per heavy atom. The molecule has 0 unspecified atom stereocenters. The van der Waals surface area contributed by atoms with Gasteiger partial charge in [-0.05, 0) is 32.0 Å². The summed E-state index contributed by atoms with van der Waals surface area (Å²) in [6, 6.07) is 7.08. The fourth-order valence-electron chi connectivity index (χ4n) is 3.20. The van der Waals surface area contributed by atoms with Gasteiger partial charge in [-0.1, -0.05) is 0 Å². The van der Waals surface area contributed by atoms with Crippen LogP contribution in [0.4, 0.5) is 5.82 Å². The van der Waals surface area contributed by atoms with Crippen LogP contribution >= 0.6 is 0 Å². The molecule has 150 valence electrons. The lowest BCUT2D eigenvalue weighted by atomic mass is 10.1. The van der Waals surface area contributed by atoms with Gasteiger partial charge < -0.3 is 24.0 Å². The normalized spacial score (nSPS) is 14.0. The third-order valence-electron chi connectivity index (χ3n) is 4.61. The maximum absolute atomic E-state index is 12.9. The summed E-state index contributed by atoms with van der Waals surface area (Å²) in [6.45, 7) is 6.95. The zero-order valence-electron chi connectivity index (χ0n) is 16.8. The van der Waals surface area contributed by atoms with Crippen LogP contribution in [-0.4, -0.2) is 67.8 Å². The number of aromatic nitrogens is 2. The summed E-state index contributed by atoms with van der Waals surface area (Å²) in [5, 5.41) is 0. The van der Waals surface area contributed by atoms with Gasteiger partial charge in [-0.15, -0.1) is 0 Å². The monoisotopic (exact) mass is 386 g/mol. The number of anilines is 1. The zero-order valence-corrected chi connectivity index (χ0v) is 16.8. The van der Waals surface area contributed by atoms with Crippen LogP contribution in [0.15, 0.2) is 24.3 Å². The molecule has 0 atom stereocenters. The lowest BCUT2D eigenvalue weighted by Crippen LogP contribution is -2.49. The first-order valence-electron chi connectivity index (χ1n) is 9.30. The van der Waals surface area contributed by atoms with E-state index >= 15 is 0 Å². The molecule has 0 radical (unpaired) electrons. The molecule has 1 aliphatic rings. The number of hydrogen-bond donors (Lipinski definition) is 0. The fraction of sp³-hybridized carbons (Fsp3) is 0.450. The molecule has 0 saturated carbocycles. The van der Waals surface area contributed by atoms with Crippen LogP contribution in [0.5, 0.6) is 17.4 Å². The number of methoxy groups -OCH3 is 2. The summed E-state index contributed by atoms with van der Waals surface area (Å²) >= 11 is 0. The largest absolute Gasteiger partial charge is 0.493 e. The van der Waals surface area contributed by atoms with Crippen LogP contribution in [0.3, 0.4) is 0 Å². The first-order valence-corrected chi connectivity index (χ1v) is 9.30. The summed E-state index contributed by atoms with van der Waals surface area (Å²) in [5.41, 5.74) is 0.586. The number of nitrogens with zero attached hydrogens (tertiary/aromatic N) is 4. The molecule has 0 bridgehead atoms. The van der Waals surface area contributed by atoms with Crippen molar-refractivity contribution < 1.29 is 19.0 Å². The first-order chi connectivity index (χ1) is 13.5. The van der Waals surface area contributed by atoms with Gasteiger partial charge in [0.05, 0.1) is 20.8 Å². The molecule has 1 amide bonds. The number of carbonyl (C=O) groups is 1. The van der Waals surface area contributed by atoms with E-state index in [4.69, 9.17) is 14.2 Å². The molecule has 1 aromatic carbocycles. The molecule has 8 nitrogen and oxygen atoms in total. The Hall–Kier alpha value is -3.03. The minimum absolute atomic E-state index is 0.0190. The second kappa shape index (κ2) is 8.77. The quantitative estimate of drug-likeness (QED) is 0.753. The maximum Gasteiger partial charge on any atom is 0.254 e. The van der Waals surface area contributed by atoms with Crippen molar-refractivity contribution in [3.05, 3.63) is 35.7 Å². The van der Waals surface area contributed by atoms with Crippen LogP contribution < -0.4 is 19.1 Å². The van der Waals surface area contributed by atoms with Gasteiger partial charge in [0.1, 0.15) is 11.6 Å². The highest BCUT2D eigenvalue weighted by atomic mass is 16.5. The predicted octanol–water partition coefficient (Wildman–Crippen LogP) is 2.16. The molecule has 8 heteroatoms. The summed E-state index contributed by atoms with van der Waals surface area (Å²) < 4.78 is 16.1. The molecule has 0 aliphatic carbocycles. The molecule has 0 N–H and O–H groups in total. The lowest BCUT2D eigenvalue weighted by molar-refractivity contribution is 0.0746. The van der Waals surface area contributed by atoms with Gasteiger partial charge in [0.25, 0.3) is 5.91 Å². The molecule has 3 rings (SSSR count). The molecular weight excluding hydrogens is 360 g/mol. The number of rotatable bonds is 6. The lowest BCUT2D eigenvalue weighted by Gasteiger charge is -2.35. The Balaban J connectivity index is 1.68. The first kappa shape index (κ1) is 19.7. The van der Waals surface area contributed by atoms with Crippen molar-refractivity contribution in [1.82, 2.24) is 14.9 Å². The topological polar surface area (TPSA) is 77.0 Å². The summed E-state index contributed by atoms with van der Waals surface area (Å²) in [4.78, 5) is 25.7. The van der Waals surface area contributed by atoms with E-state index in [1.165, 1.54) is 0 Å². The van der Waals surface area contributed by atoms with E-state index in [0.717, 1.165) is 5.82 Å². The maximum atomic E-state index is 12.9. The Kier molecular flexibility index (Phi) is 6.18. The van der Waals surface area contributed by atoms with Crippen LogP contribution in [0.2, 0.25) is 0 Å². The molecule has 1 saturated heterocycles. The smallest absolute Gasteiger partial charge is 0.254 e. The number of aryl methyl sites for hydroxylation is 1. The highest BCUT2D eigenvalue weighted by Gasteiger charge is 2.24. The average molecular weight is 386 g/mol. The van der Waals surface area contributed by atoms with Crippen molar-refractivity contribution >= 4 is 11.7 Å². The number of amides is 1. The van der Waals surface area contributed by atoms with Crippen molar-refractivity contribution in [1.29, 1.82) is 0 Å². The van der Waals surface area contributed by atoms with Crippen molar-refractivity contribution in [2.75, 3.05) is 51.9 Å². The third-order valence-corrected chi connectivity index (χ3v) is 4.61. The number of piperazine rings is 1. The molecule has 1 fully saturated rings. The van der Waals surface area contributed by atoms with Crippen LogP contribution in [0, 0.1) is 6.92 Å². The number of carbonyl (C=O) groups excluding carboxylic acids is 1. The highest BCUT2D eigenvalue weighted by molar-refractivity contribution is 5.95. The van der Waals surface area contributed by atoms with Gasteiger partial charge in [0.2, 0.25) is 5.88 Å². The van der Waals surface area contributed by atoms with Crippen LogP contribution in [0.25, 0.3) is 0 Å². The fourth-order valence-corrected chi connectivity index (χ4v) is 3.20. The SMILES string of the molecule is CCOc1cc(N2CCN(C(=O)c3ccc(OC)c(OC)c3)CC2)nc(C)n1. The summed E-state index contributed by atoms with van der Waals surface area (Å²) in [5.74, 6) is 3.21. The molecular formula is C20H26N4O4. The van der Waals surface area contributed by atoms with E-state index in [2.05, 4.69) is 14.9 Å². The second-order valence-electron chi connectivity index (χ2n) is 6.39. The second-order valence-corrected chi connectivity index (χ2v) is 6.39. The summed E-state index contributed by atoms with van der Waals surface area (Å²) in [7, 11) is 3.13. The number of ether oxygens (including phenoxy) is 3. The van der Waals surface area contributed by atoms with Gasteiger partial charge in [0, 0.05) is 37.8 Å². The van der Waals surface area contributed by atoms with Crippen molar-refractivity contribution in [2.45, 2.75) is 13.8 Å². The average Bonchev–Trinajstić information content (AvgIpc) is 2.72. The van der Waals surface area contributed by atoms with Crippen molar-refractivity contribution in [3.63, 3.8) is 0 Å². The summed E-state index contributed by atoms with van der Waals surface area (Å²) in [6.07, 6.45) is 0.